The summed E-state index contributed by atoms with van der Waals surface area (Å²) >= 11 is 0. The topological polar surface area (TPSA) is 69.0 Å². The molecular formula is C22H19FN4O2. The van der Waals surface area contributed by atoms with E-state index in [2.05, 4.69) is 15.4 Å². The summed E-state index contributed by atoms with van der Waals surface area (Å²) in [7, 11) is 1.62. The molecule has 29 heavy (non-hydrogen) atoms. The van der Waals surface area contributed by atoms with Gasteiger partial charge in [-0.05, 0) is 36.1 Å². The van der Waals surface area contributed by atoms with Gasteiger partial charge in [-0.3, -0.25) is 4.79 Å². The highest BCUT2D eigenvalue weighted by Crippen LogP contribution is 2.45. The number of carbonyl (C=O) groups is 1. The molecule has 1 N–H and O–H groups in total. The average molecular weight is 390 g/mol. The second-order valence-corrected chi connectivity index (χ2v) is 7.27. The average Bonchev–Trinajstić information content (AvgIpc) is 3.21. The van der Waals surface area contributed by atoms with Crippen LogP contribution in [0.3, 0.4) is 0 Å². The quantitative estimate of drug-likeness (QED) is 0.736. The molecule has 0 unspecified atom stereocenters. The number of aromatic nitrogens is 3. The Hall–Kier alpha value is -3.48. The highest BCUT2D eigenvalue weighted by Gasteiger charge is 2.40. The molecular weight excluding hydrogens is 371 g/mol. The third-order valence-corrected chi connectivity index (χ3v) is 5.64. The molecule has 3 aromatic rings. The Bertz CT molecular complexity index is 1120. The minimum absolute atomic E-state index is 0.0119. The van der Waals surface area contributed by atoms with Gasteiger partial charge in [0, 0.05) is 23.3 Å². The maximum Gasteiger partial charge on any atom is 0.226 e. The number of nitrogens with one attached hydrogen (secondary N) is 1. The minimum Gasteiger partial charge on any atom is -0.496 e. The zero-order valence-electron chi connectivity index (χ0n) is 15.8. The third-order valence-electron chi connectivity index (χ3n) is 5.64. The fourth-order valence-corrected chi connectivity index (χ4v) is 4.30. The van der Waals surface area contributed by atoms with Crippen LogP contribution >= 0.6 is 0 Å². The van der Waals surface area contributed by atoms with Crippen molar-refractivity contribution in [1.29, 1.82) is 0 Å². The summed E-state index contributed by atoms with van der Waals surface area (Å²) in [6, 6.07) is 13.6. The first-order valence-corrected chi connectivity index (χ1v) is 9.47. The van der Waals surface area contributed by atoms with E-state index in [1.54, 1.807) is 23.9 Å². The number of benzene rings is 2. The fourth-order valence-electron chi connectivity index (χ4n) is 4.30. The Morgan fingerprint density at radius 3 is 2.72 bits per heavy atom. The summed E-state index contributed by atoms with van der Waals surface area (Å²) < 4.78 is 20.6. The van der Waals surface area contributed by atoms with Gasteiger partial charge in [0.05, 0.1) is 7.11 Å². The minimum atomic E-state index is -0.401. The lowest BCUT2D eigenvalue weighted by Crippen LogP contribution is -2.33. The van der Waals surface area contributed by atoms with Gasteiger partial charge in [-0.2, -0.15) is 10.1 Å². The van der Waals surface area contributed by atoms with Crippen LogP contribution in [0, 0.1) is 5.82 Å². The lowest BCUT2D eigenvalue weighted by atomic mass is 9.78. The Morgan fingerprint density at radius 1 is 1.14 bits per heavy atom. The molecule has 0 saturated carbocycles. The molecule has 6 nitrogen and oxygen atoms in total. The van der Waals surface area contributed by atoms with E-state index < -0.39 is 6.04 Å². The lowest BCUT2D eigenvalue weighted by Gasteiger charge is -2.35. The Balaban J connectivity index is 1.61. The van der Waals surface area contributed by atoms with Gasteiger partial charge in [-0.1, -0.05) is 30.3 Å². The van der Waals surface area contributed by atoms with Crippen molar-refractivity contribution in [2.24, 2.45) is 0 Å². The number of nitrogens with zero attached hydrogens (tertiary/aromatic N) is 3. The van der Waals surface area contributed by atoms with Crippen LogP contribution in [0.1, 0.15) is 35.9 Å². The van der Waals surface area contributed by atoms with Crippen LogP contribution in [0.2, 0.25) is 0 Å². The number of methoxy groups -OCH3 is 1. The van der Waals surface area contributed by atoms with Gasteiger partial charge in [0.25, 0.3) is 0 Å². The van der Waals surface area contributed by atoms with Crippen molar-refractivity contribution in [2.45, 2.75) is 24.8 Å². The van der Waals surface area contributed by atoms with E-state index in [0.717, 1.165) is 16.8 Å². The molecule has 2 heterocycles. The number of anilines is 1. The van der Waals surface area contributed by atoms with E-state index in [-0.39, 0.29) is 17.5 Å². The van der Waals surface area contributed by atoms with Crippen molar-refractivity contribution in [3.05, 3.63) is 83.1 Å². The molecule has 1 aromatic heterocycles. The van der Waals surface area contributed by atoms with Crippen LogP contribution in [-0.4, -0.2) is 27.7 Å². The van der Waals surface area contributed by atoms with E-state index in [1.165, 1.54) is 18.5 Å². The zero-order valence-corrected chi connectivity index (χ0v) is 15.8. The van der Waals surface area contributed by atoms with Gasteiger partial charge in [0.1, 0.15) is 23.9 Å². The number of fused-ring (bicyclic) bond motifs is 1. The van der Waals surface area contributed by atoms with E-state index in [9.17, 15) is 9.18 Å². The second kappa shape index (κ2) is 6.84. The Kier molecular flexibility index (Phi) is 4.16. The number of Topliss-reactive ketones (excluding diaryl/α,β-unsaturated/α-hetero) is 1. The molecule has 0 amide bonds. The maximum atomic E-state index is 13.3. The van der Waals surface area contributed by atoms with Crippen LogP contribution in [0.15, 0.2) is 66.1 Å². The van der Waals surface area contributed by atoms with E-state index >= 15 is 0 Å². The number of hydrogen-bond donors (Lipinski definition) is 1. The summed E-state index contributed by atoms with van der Waals surface area (Å²) in [5, 5.41) is 7.65. The summed E-state index contributed by atoms with van der Waals surface area (Å²) in [5.74, 6) is 1.04. The van der Waals surface area contributed by atoms with Crippen LogP contribution in [0.5, 0.6) is 5.75 Å². The smallest absolute Gasteiger partial charge is 0.226 e. The van der Waals surface area contributed by atoms with E-state index in [0.29, 0.717) is 30.1 Å². The van der Waals surface area contributed by atoms with Gasteiger partial charge in [-0.25, -0.2) is 9.07 Å². The predicted molar refractivity (Wildman–Crippen MR) is 105 cm³/mol. The number of allylic oxidation sites excluding steroid dienone is 2. The van der Waals surface area contributed by atoms with E-state index in [1.807, 2.05) is 24.3 Å². The van der Waals surface area contributed by atoms with Gasteiger partial charge in [0.15, 0.2) is 5.78 Å². The highest BCUT2D eigenvalue weighted by molar-refractivity contribution is 6.00. The molecule has 1 aliphatic heterocycles. The molecule has 7 heteroatoms. The SMILES string of the molecule is COc1ccccc1[C@H]1C2=C(C[C@H](c3ccc(F)cc3)CC2=O)Nc2ncnn21. The largest absolute Gasteiger partial charge is 0.496 e. The summed E-state index contributed by atoms with van der Waals surface area (Å²) in [6.07, 6.45) is 2.48. The molecule has 0 fully saturated rings. The van der Waals surface area contributed by atoms with Gasteiger partial charge in [0.2, 0.25) is 5.95 Å². The second-order valence-electron chi connectivity index (χ2n) is 7.27. The van der Waals surface area contributed by atoms with E-state index in [4.69, 9.17) is 4.74 Å². The molecule has 5 rings (SSSR count). The number of para-hydroxylation sites is 1. The molecule has 0 saturated heterocycles. The van der Waals surface area contributed by atoms with Gasteiger partial charge in [-0.15, -0.1) is 0 Å². The lowest BCUT2D eigenvalue weighted by molar-refractivity contribution is -0.116. The maximum absolute atomic E-state index is 13.3. The highest BCUT2D eigenvalue weighted by atomic mass is 19.1. The van der Waals surface area contributed by atoms with Crippen molar-refractivity contribution in [3.8, 4) is 5.75 Å². The number of ether oxygens (including phenoxy) is 1. The number of rotatable bonds is 3. The predicted octanol–water partition coefficient (Wildman–Crippen LogP) is 3.84. The number of carbonyl (C=O) groups excluding carboxylic acids is 1. The molecule has 0 spiro atoms. The van der Waals surface area contributed by atoms with Crippen molar-refractivity contribution >= 4 is 11.7 Å². The monoisotopic (exact) mass is 390 g/mol. The molecule has 2 aliphatic rings. The van der Waals surface area contributed by atoms with Crippen LogP contribution in [0.25, 0.3) is 0 Å². The number of hydrogen-bond acceptors (Lipinski definition) is 5. The first kappa shape index (κ1) is 17.6. The van der Waals surface area contributed by atoms with Crippen molar-refractivity contribution in [3.63, 3.8) is 0 Å². The first-order valence-electron chi connectivity index (χ1n) is 9.47. The molecule has 0 bridgehead atoms. The number of halogens is 1. The van der Waals surface area contributed by atoms with Gasteiger partial charge >= 0.3 is 0 Å². The van der Waals surface area contributed by atoms with Crippen LogP contribution < -0.4 is 10.1 Å². The van der Waals surface area contributed by atoms with Crippen molar-refractivity contribution in [1.82, 2.24) is 14.8 Å². The summed E-state index contributed by atoms with van der Waals surface area (Å²) in [4.78, 5) is 17.6. The van der Waals surface area contributed by atoms with Gasteiger partial charge < -0.3 is 10.1 Å². The Morgan fingerprint density at radius 2 is 1.93 bits per heavy atom. The third kappa shape index (κ3) is 2.90. The normalized spacial score (nSPS) is 20.7. The Labute approximate surface area is 167 Å². The zero-order chi connectivity index (χ0) is 20.0. The molecule has 0 radical (unpaired) electrons. The molecule has 2 aromatic carbocycles. The first-order chi connectivity index (χ1) is 14.2. The van der Waals surface area contributed by atoms with Crippen molar-refractivity contribution in [2.75, 3.05) is 12.4 Å². The van der Waals surface area contributed by atoms with Crippen LogP contribution in [0.4, 0.5) is 10.3 Å². The molecule has 2 atom stereocenters. The summed E-state index contributed by atoms with van der Waals surface area (Å²) in [5.41, 5.74) is 3.34. The number of ketones is 1. The van der Waals surface area contributed by atoms with Crippen molar-refractivity contribution < 1.29 is 13.9 Å². The summed E-state index contributed by atoms with van der Waals surface area (Å²) in [6.45, 7) is 0. The van der Waals surface area contributed by atoms with Crippen LogP contribution in [-0.2, 0) is 4.79 Å². The fraction of sp³-hybridized carbons (Fsp3) is 0.227. The standard InChI is InChI=1S/C22H19FN4O2/c1-29-19-5-3-2-4-16(19)21-20-17(26-22-24-12-25-27(21)22)10-14(11-18(20)28)13-6-8-15(23)9-7-13/h2-9,12,14,21H,10-11H2,1H3,(H,24,25,26)/t14-,21-/m0/s1. The molecule has 146 valence electrons. The molecule has 1 aliphatic carbocycles.